The van der Waals surface area contributed by atoms with Gasteiger partial charge in [-0.2, -0.15) is 5.26 Å². The minimum absolute atomic E-state index is 0.0138. The second-order valence-corrected chi connectivity index (χ2v) is 10.2. The summed E-state index contributed by atoms with van der Waals surface area (Å²) >= 11 is 0. The predicted octanol–water partition coefficient (Wildman–Crippen LogP) is 9.36. The third-order valence-electron chi connectivity index (χ3n) is 7.82. The smallest absolute Gasteiger partial charge is 0.0991 e. The van der Waals surface area contributed by atoms with Crippen LogP contribution in [0, 0.1) is 23.2 Å². The van der Waals surface area contributed by atoms with Crippen molar-refractivity contribution in [2.75, 3.05) is 0 Å². The number of benzene rings is 6. The Morgan fingerprint density at radius 2 is 1.07 bits per heavy atom. The largest absolute Gasteiger partial charge is 0.192 e. The molecule has 0 heterocycles. The van der Waals surface area contributed by atoms with Crippen LogP contribution in [0.2, 0.25) is 0 Å². The van der Waals surface area contributed by atoms with Crippen LogP contribution in [0.1, 0.15) is 44.9 Å². The highest BCUT2D eigenvalue weighted by Crippen LogP contribution is 2.51. The minimum Gasteiger partial charge on any atom is -0.192 e. The van der Waals surface area contributed by atoms with E-state index in [1.54, 1.807) is 0 Å². The van der Waals surface area contributed by atoms with Gasteiger partial charge in [-0.15, -0.1) is 0 Å². The second-order valence-electron chi connectivity index (χ2n) is 10.2. The van der Waals surface area contributed by atoms with Gasteiger partial charge in [0.2, 0.25) is 0 Å². The molecule has 1 atom stereocenters. The number of rotatable bonds is 3. The summed E-state index contributed by atoms with van der Waals surface area (Å²) in [6, 6.07) is 50.4. The van der Waals surface area contributed by atoms with Crippen LogP contribution in [0.25, 0.3) is 27.5 Å². The molecule has 41 heavy (non-hydrogen) atoms. The maximum absolute atomic E-state index is 9.47. The van der Waals surface area contributed by atoms with E-state index in [9.17, 15) is 5.26 Å². The molecule has 1 heteroatoms. The number of hydrogen-bond acceptors (Lipinski definition) is 1. The van der Waals surface area contributed by atoms with E-state index in [-0.39, 0.29) is 5.92 Å². The molecule has 0 aromatic heterocycles. The molecule has 0 fully saturated rings. The Kier molecular flexibility index (Phi) is 6.25. The van der Waals surface area contributed by atoms with Gasteiger partial charge in [-0.3, -0.25) is 0 Å². The lowest BCUT2D eigenvalue weighted by Gasteiger charge is -2.21. The fraction of sp³-hybridized carbons (Fsp3) is 0.0250. The molecule has 1 aliphatic carbocycles. The molecule has 0 N–H and O–H groups in total. The topological polar surface area (TPSA) is 23.8 Å². The number of allylic oxidation sites excluding steroid dienone is 1. The van der Waals surface area contributed by atoms with E-state index in [0.717, 1.165) is 22.1 Å². The number of nitriles is 1. The summed E-state index contributed by atoms with van der Waals surface area (Å²) in [5, 5.41) is 11.8. The summed E-state index contributed by atoms with van der Waals surface area (Å²) in [5.41, 5.74) is 11.1. The van der Waals surface area contributed by atoms with E-state index >= 15 is 0 Å². The van der Waals surface area contributed by atoms with Crippen LogP contribution in [-0.4, -0.2) is 0 Å². The minimum atomic E-state index is -0.0138. The zero-order chi connectivity index (χ0) is 27.6. The molecular weight excluding hydrogens is 494 g/mol. The van der Waals surface area contributed by atoms with E-state index in [0.29, 0.717) is 5.56 Å². The molecule has 0 saturated carbocycles. The van der Waals surface area contributed by atoms with Crippen molar-refractivity contribution in [2.24, 2.45) is 0 Å². The lowest BCUT2D eigenvalue weighted by molar-refractivity contribution is 1.05. The van der Waals surface area contributed by atoms with Gasteiger partial charge in [0.15, 0.2) is 0 Å². The number of nitrogens with zero attached hydrogens (tertiary/aromatic N) is 1. The van der Waals surface area contributed by atoms with Gasteiger partial charge in [-0.05, 0) is 74.0 Å². The Labute approximate surface area is 240 Å². The van der Waals surface area contributed by atoms with Crippen molar-refractivity contribution in [3.63, 3.8) is 0 Å². The SMILES string of the molecule is N#Cc1ccc(C2C=C(c3ccccc3)c3c2c(C#Cc2ccccc2)c2ccccc2c3-c2ccccc2)cc1. The van der Waals surface area contributed by atoms with E-state index in [4.69, 9.17) is 0 Å². The first-order chi connectivity index (χ1) is 20.3. The molecule has 0 radical (unpaired) electrons. The normalized spacial score (nSPS) is 13.5. The van der Waals surface area contributed by atoms with Crippen LogP contribution in [0.5, 0.6) is 0 Å². The van der Waals surface area contributed by atoms with Gasteiger partial charge in [-0.25, -0.2) is 0 Å². The van der Waals surface area contributed by atoms with Gasteiger partial charge in [0.05, 0.1) is 11.6 Å². The molecule has 0 aliphatic heterocycles. The Hall–Kier alpha value is -5.63. The molecule has 7 rings (SSSR count). The standard InChI is InChI=1S/C40H25N/c41-27-29-20-23-31(24-21-29)36-26-37(30-14-6-2-7-15-30)40-38(32-16-8-3-9-17-32)34-19-11-10-18-33(34)35(39(36)40)25-22-28-12-4-1-5-13-28/h1-21,23-24,26,36H. The van der Waals surface area contributed by atoms with Crippen LogP contribution >= 0.6 is 0 Å². The molecular formula is C40H25N. The highest BCUT2D eigenvalue weighted by Gasteiger charge is 2.32. The molecule has 6 aromatic carbocycles. The van der Waals surface area contributed by atoms with E-state index < -0.39 is 0 Å². The molecule has 1 aliphatic rings. The number of fused-ring (bicyclic) bond motifs is 2. The zero-order valence-corrected chi connectivity index (χ0v) is 22.4. The molecule has 0 amide bonds. The first kappa shape index (κ1) is 24.4. The summed E-state index contributed by atoms with van der Waals surface area (Å²) < 4.78 is 0. The van der Waals surface area contributed by atoms with Gasteiger partial charge in [0.1, 0.15) is 0 Å². The quantitative estimate of drug-likeness (QED) is 0.214. The lowest BCUT2D eigenvalue weighted by Crippen LogP contribution is -2.03. The highest BCUT2D eigenvalue weighted by atomic mass is 14.3. The van der Waals surface area contributed by atoms with Crippen LogP contribution in [0.4, 0.5) is 0 Å². The monoisotopic (exact) mass is 519 g/mol. The summed E-state index contributed by atoms with van der Waals surface area (Å²) in [6.45, 7) is 0. The Bertz CT molecular complexity index is 2020. The summed E-state index contributed by atoms with van der Waals surface area (Å²) in [7, 11) is 0. The molecule has 190 valence electrons. The third kappa shape index (κ3) is 4.41. The fourth-order valence-corrected chi connectivity index (χ4v) is 5.96. The van der Waals surface area contributed by atoms with E-state index in [1.807, 2.05) is 30.3 Å². The molecule has 0 saturated heterocycles. The van der Waals surface area contributed by atoms with Crippen molar-refractivity contribution in [2.45, 2.75) is 5.92 Å². The van der Waals surface area contributed by atoms with Crippen molar-refractivity contribution in [3.05, 3.63) is 185 Å². The maximum Gasteiger partial charge on any atom is 0.0991 e. The van der Waals surface area contributed by atoms with Gasteiger partial charge < -0.3 is 0 Å². The molecule has 0 bridgehead atoms. The highest BCUT2D eigenvalue weighted by molar-refractivity contribution is 6.09. The van der Waals surface area contributed by atoms with Crippen molar-refractivity contribution in [1.82, 2.24) is 0 Å². The average molecular weight is 520 g/mol. The fourth-order valence-electron chi connectivity index (χ4n) is 5.96. The molecule has 6 aromatic rings. The van der Waals surface area contributed by atoms with Crippen molar-refractivity contribution < 1.29 is 0 Å². The maximum atomic E-state index is 9.47. The van der Waals surface area contributed by atoms with Gasteiger partial charge in [0.25, 0.3) is 0 Å². The van der Waals surface area contributed by atoms with E-state index in [2.05, 4.69) is 133 Å². The molecule has 1 unspecified atom stereocenters. The lowest BCUT2D eigenvalue weighted by atomic mass is 9.81. The van der Waals surface area contributed by atoms with Gasteiger partial charge >= 0.3 is 0 Å². The third-order valence-corrected chi connectivity index (χ3v) is 7.82. The van der Waals surface area contributed by atoms with Crippen LogP contribution < -0.4 is 0 Å². The summed E-state index contributed by atoms with van der Waals surface area (Å²) in [5.74, 6) is 7.10. The Morgan fingerprint density at radius 1 is 0.488 bits per heavy atom. The van der Waals surface area contributed by atoms with Crippen LogP contribution in [0.15, 0.2) is 146 Å². The predicted molar refractivity (Wildman–Crippen MR) is 168 cm³/mol. The van der Waals surface area contributed by atoms with Crippen LogP contribution in [0.3, 0.4) is 0 Å². The van der Waals surface area contributed by atoms with Gasteiger partial charge in [-0.1, -0.05) is 133 Å². The second kappa shape index (κ2) is 10.5. The van der Waals surface area contributed by atoms with Crippen molar-refractivity contribution >= 4 is 16.3 Å². The molecule has 1 nitrogen and oxygen atoms in total. The Morgan fingerprint density at radius 3 is 1.73 bits per heavy atom. The van der Waals surface area contributed by atoms with E-state index in [1.165, 1.54) is 38.8 Å². The number of hydrogen-bond donors (Lipinski definition) is 0. The molecule has 0 spiro atoms. The first-order valence-corrected chi connectivity index (χ1v) is 13.8. The van der Waals surface area contributed by atoms with Crippen molar-refractivity contribution in [1.29, 1.82) is 5.26 Å². The first-order valence-electron chi connectivity index (χ1n) is 13.8. The van der Waals surface area contributed by atoms with Crippen LogP contribution in [-0.2, 0) is 0 Å². The van der Waals surface area contributed by atoms with Gasteiger partial charge in [0, 0.05) is 17.0 Å². The Balaban J connectivity index is 1.62. The zero-order valence-electron chi connectivity index (χ0n) is 22.4. The summed E-state index contributed by atoms with van der Waals surface area (Å²) in [6.07, 6.45) is 2.39. The summed E-state index contributed by atoms with van der Waals surface area (Å²) in [4.78, 5) is 0. The average Bonchev–Trinajstić information content (AvgIpc) is 3.44. The van der Waals surface area contributed by atoms with Crippen molar-refractivity contribution in [3.8, 4) is 29.0 Å².